The van der Waals surface area contributed by atoms with Crippen LogP contribution in [0.1, 0.15) is 23.2 Å². The molecule has 1 fully saturated rings. The first-order chi connectivity index (χ1) is 12.0. The number of piperidine rings is 1. The van der Waals surface area contributed by atoms with E-state index in [1.807, 2.05) is 0 Å². The first-order valence-electron chi connectivity index (χ1n) is 7.95. The van der Waals surface area contributed by atoms with Crippen LogP contribution in [0.25, 0.3) is 0 Å². The molecule has 1 aliphatic heterocycles. The average Bonchev–Trinajstić information content (AvgIpc) is 3.02. The lowest BCUT2D eigenvalue weighted by molar-refractivity contribution is -0.121. The Morgan fingerprint density at radius 2 is 2.20 bits per heavy atom. The molecule has 1 atom stereocenters. The van der Waals surface area contributed by atoms with Crippen LogP contribution in [0.2, 0.25) is 0 Å². The number of benzene rings is 1. The van der Waals surface area contributed by atoms with Crippen LogP contribution in [-0.2, 0) is 11.8 Å². The molecule has 0 aliphatic carbocycles. The van der Waals surface area contributed by atoms with E-state index in [9.17, 15) is 14.0 Å². The Labute approximate surface area is 144 Å². The quantitative estimate of drug-likeness (QED) is 0.910. The zero-order valence-corrected chi connectivity index (χ0v) is 14.0. The van der Waals surface area contributed by atoms with Gasteiger partial charge in [0.25, 0.3) is 11.8 Å². The van der Waals surface area contributed by atoms with E-state index < -0.39 is 17.8 Å². The summed E-state index contributed by atoms with van der Waals surface area (Å²) >= 11 is 0. The summed E-state index contributed by atoms with van der Waals surface area (Å²) in [5, 5.41) is 6.85. The Kier molecular flexibility index (Phi) is 4.69. The molecule has 2 heterocycles. The summed E-state index contributed by atoms with van der Waals surface area (Å²) < 4.78 is 20.6. The van der Waals surface area contributed by atoms with Crippen molar-refractivity contribution in [2.45, 2.75) is 18.9 Å². The second-order valence-corrected chi connectivity index (χ2v) is 5.85. The van der Waals surface area contributed by atoms with Gasteiger partial charge in [0.2, 0.25) is 0 Å². The van der Waals surface area contributed by atoms with Gasteiger partial charge in [0.05, 0.1) is 12.7 Å². The first-order valence-corrected chi connectivity index (χ1v) is 7.95. The van der Waals surface area contributed by atoms with Crippen LogP contribution in [-0.4, -0.2) is 41.3 Å². The van der Waals surface area contributed by atoms with E-state index in [0.717, 1.165) is 12.5 Å². The van der Waals surface area contributed by atoms with E-state index in [4.69, 9.17) is 4.74 Å². The zero-order valence-electron chi connectivity index (χ0n) is 14.0. The topological polar surface area (TPSA) is 76.5 Å². The SMILES string of the molecule is COc1ccc(C(=O)NC2CCCN(c3ccn(C)n3)C2=O)c(F)c1. The number of aromatic nitrogens is 2. The van der Waals surface area contributed by atoms with Crippen molar-refractivity contribution < 1.29 is 18.7 Å². The van der Waals surface area contributed by atoms with E-state index in [1.54, 1.807) is 28.9 Å². The van der Waals surface area contributed by atoms with Crippen LogP contribution in [0.4, 0.5) is 10.2 Å². The van der Waals surface area contributed by atoms with Crippen molar-refractivity contribution in [3.05, 3.63) is 41.8 Å². The van der Waals surface area contributed by atoms with Crippen molar-refractivity contribution >= 4 is 17.6 Å². The number of amides is 2. The molecule has 132 valence electrons. The number of hydrogen-bond donors (Lipinski definition) is 1. The highest BCUT2D eigenvalue weighted by atomic mass is 19.1. The fraction of sp³-hybridized carbons (Fsp3) is 0.353. The van der Waals surface area contributed by atoms with Gasteiger partial charge in [-0.3, -0.25) is 19.2 Å². The minimum atomic E-state index is -0.704. The minimum Gasteiger partial charge on any atom is -0.497 e. The molecular formula is C17H19FN4O3. The standard InChI is InChI=1S/C17H19FN4O3/c1-21-9-7-15(20-21)22-8-3-4-14(17(22)24)19-16(23)12-6-5-11(25-2)10-13(12)18/h5-7,9-10,14H,3-4,8H2,1-2H3,(H,19,23). The van der Waals surface area contributed by atoms with Crippen molar-refractivity contribution in [1.82, 2.24) is 15.1 Å². The molecule has 3 rings (SSSR count). The molecule has 8 heteroatoms. The molecule has 0 radical (unpaired) electrons. The van der Waals surface area contributed by atoms with Crippen LogP contribution in [0.3, 0.4) is 0 Å². The normalized spacial score (nSPS) is 17.5. The third-order valence-electron chi connectivity index (χ3n) is 4.14. The smallest absolute Gasteiger partial charge is 0.254 e. The van der Waals surface area contributed by atoms with Gasteiger partial charge < -0.3 is 10.1 Å². The third kappa shape index (κ3) is 3.47. The van der Waals surface area contributed by atoms with Crippen LogP contribution in [0.15, 0.2) is 30.5 Å². The molecule has 0 bridgehead atoms. The highest BCUT2D eigenvalue weighted by Crippen LogP contribution is 2.20. The predicted molar refractivity (Wildman–Crippen MR) is 89.0 cm³/mol. The Balaban J connectivity index is 1.73. The predicted octanol–water partition coefficient (Wildman–Crippen LogP) is 1.49. The highest BCUT2D eigenvalue weighted by molar-refractivity contribution is 6.02. The van der Waals surface area contributed by atoms with Crippen molar-refractivity contribution in [2.75, 3.05) is 18.6 Å². The van der Waals surface area contributed by atoms with Gasteiger partial charge >= 0.3 is 0 Å². The number of carbonyl (C=O) groups is 2. The molecule has 25 heavy (non-hydrogen) atoms. The number of nitrogens with zero attached hydrogens (tertiary/aromatic N) is 3. The second kappa shape index (κ2) is 6.92. The number of halogens is 1. The number of nitrogens with one attached hydrogen (secondary N) is 1. The number of rotatable bonds is 4. The van der Waals surface area contributed by atoms with Crippen LogP contribution >= 0.6 is 0 Å². The van der Waals surface area contributed by atoms with Crippen molar-refractivity contribution in [1.29, 1.82) is 0 Å². The van der Waals surface area contributed by atoms with E-state index in [2.05, 4.69) is 10.4 Å². The molecule has 1 unspecified atom stereocenters. The molecule has 1 saturated heterocycles. The largest absolute Gasteiger partial charge is 0.497 e. The van der Waals surface area contributed by atoms with Crippen LogP contribution < -0.4 is 15.0 Å². The van der Waals surface area contributed by atoms with Crippen LogP contribution in [0.5, 0.6) is 5.75 Å². The number of anilines is 1. The summed E-state index contributed by atoms with van der Waals surface area (Å²) in [6.07, 6.45) is 2.97. The average molecular weight is 346 g/mol. The maximum Gasteiger partial charge on any atom is 0.254 e. The first kappa shape index (κ1) is 16.9. The monoisotopic (exact) mass is 346 g/mol. The highest BCUT2D eigenvalue weighted by Gasteiger charge is 2.32. The molecule has 1 aromatic heterocycles. The minimum absolute atomic E-state index is 0.122. The van der Waals surface area contributed by atoms with E-state index in [0.29, 0.717) is 24.5 Å². The van der Waals surface area contributed by atoms with Crippen molar-refractivity contribution in [3.63, 3.8) is 0 Å². The van der Waals surface area contributed by atoms with Gasteiger partial charge in [-0.15, -0.1) is 0 Å². The lowest BCUT2D eigenvalue weighted by Crippen LogP contribution is -2.52. The van der Waals surface area contributed by atoms with Gasteiger partial charge in [-0.05, 0) is 25.0 Å². The molecule has 1 aliphatic rings. The summed E-state index contributed by atoms with van der Waals surface area (Å²) in [5.41, 5.74) is -0.122. The number of hydrogen-bond acceptors (Lipinski definition) is 4. The third-order valence-corrected chi connectivity index (χ3v) is 4.14. The maximum absolute atomic E-state index is 14.0. The molecule has 7 nitrogen and oxygen atoms in total. The molecule has 0 spiro atoms. The Morgan fingerprint density at radius 1 is 1.40 bits per heavy atom. The lowest BCUT2D eigenvalue weighted by atomic mass is 10.0. The molecule has 1 aromatic carbocycles. The van der Waals surface area contributed by atoms with E-state index >= 15 is 0 Å². The van der Waals surface area contributed by atoms with Crippen molar-refractivity contribution in [3.8, 4) is 5.75 Å². The zero-order chi connectivity index (χ0) is 18.0. The van der Waals surface area contributed by atoms with Crippen molar-refractivity contribution in [2.24, 2.45) is 7.05 Å². The molecule has 1 N–H and O–H groups in total. The van der Waals surface area contributed by atoms with Crippen LogP contribution in [0, 0.1) is 5.82 Å². The summed E-state index contributed by atoms with van der Waals surface area (Å²) in [6.45, 7) is 0.541. The number of aryl methyl sites for hydroxylation is 1. The van der Waals surface area contributed by atoms with Gasteiger partial charge in [-0.25, -0.2) is 4.39 Å². The van der Waals surface area contributed by atoms with Gasteiger partial charge in [-0.2, -0.15) is 5.10 Å². The van der Waals surface area contributed by atoms with E-state index in [1.165, 1.54) is 19.2 Å². The molecule has 2 amide bonds. The molecule has 2 aromatic rings. The molecular weight excluding hydrogens is 327 g/mol. The summed E-state index contributed by atoms with van der Waals surface area (Å²) in [6, 6.07) is 5.02. The van der Waals surface area contributed by atoms with Gasteiger partial charge in [0.15, 0.2) is 5.82 Å². The van der Waals surface area contributed by atoms with Gasteiger partial charge in [0.1, 0.15) is 17.6 Å². The number of ether oxygens (including phenoxy) is 1. The fourth-order valence-corrected chi connectivity index (χ4v) is 2.83. The van der Waals surface area contributed by atoms with E-state index in [-0.39, 0.29) is 11.5 Å². The van der Waals surface area contributed by atoms with Gasteiger partial charge in [0, 0.05) is 31.9 Å². The second-order valence-electron chi connectivity index (χ2n) is 5.85. The lowest BCUT2D eigenvalue weighted by Gasteiger charge is -2.31. The van der Waals surface area contributed by atoms with Gasteiger partial charge in [-0.1, -0.05) is 0 Å². The fourth-order valence-electron chi connectivity index (χ4n) is 2.83. The Morgan fingerprint density at radius 3 is 2.84 bits per heavy atom. The number of carbonyl (C=O) groups excluding carboxylic acids is 2. The number of methoxy groups -OCH3 is 1. The summed E-state index contributed by atoms with van der Waals surface area (Å²) in [5.74, 6) is -0.693. The summed E-state index contributed by atoms with van der Waals surface area (Å²) in [7, 11) is 3.19. The maximum atomic E-state index is 14.0. The summed E-state index contributed by atoms with van der Waals surface area (Å²) in [4.78, 5) is 26.5. The molecule has 0 saturated carbocycles. The Hall–Kier alpha value is -2.90. The Bertz CT molecular complexity index is 805.